The maximum Gasteiger partial charge on any atom is 0.243 e. The van der Waals surface area contributed by atoms with Gasteiger partial charge in [-0.25, -0.2) is 18.5 Å². The third kappa shape index (κ3) is 4.23. The molecular weight excluding hydrogens is 460 g/mol. The van der Waals surface area contributed by atoms with Crippen LogP contribution in [0.1, 0.15) is 24.8 Å². The largest absolute Gasteiger partial charge is 0.325 e. The van der Waals surface area contributed by atoms with Gasteiger partial charge in [0.2, 0.25) is 21.7 Å². The number of sulfonamides is 1. The number of carbonyl (C=O) groups excluding carboxylic acids is 1. The Bertz CT molecular complexity index is 1440. The number of H-pyrrole nitrogens is 1. The summed E-state index contributed by atoms with van der Waals surface area (Å²) in [6, 6.07) is 12.7. The molecule has 0 unspecified atom stereocenters. The number of hydrogen-bond acceptors (Lipinski definition) is 6. The summed E-state index contributed by atoms with van der Waals surface area (Å²) in [7, 11) is -3.59. The first-order valence-corrected chi connectivity index (χ1v) is 13.2. The maximum absolute atomic E-state index is 13.1. The van der Waals surface area contributed by atoms with Crippen LogP contribution >= 0.6 is 11.8 Å². The molecule has 1 fully saturated rings. The molecule has 172 valence electrons. The first-order chi connectivity index (χ1) is 15.9. The third-order valence-electron chi connectivity index (χ3n) is 5.74. The van der Waals surface area contributed by atoms with E-state index in [-0.39, 0.29) is 16.6 Å². The van der Waals surface area contributed by atoms with E-state index >= 15 is 0 Å². The number of thioether (sulfide) groups is 1. The minimum Gasteiger partial charge on any atom is -0.325 e. The number of rotatable bonds is 6. The number of carbonyl (C=O) groups is 1. The quantitative estimate of drug-likeness (QED) is 0.406. The number of aromatic nitrogens is 4. The van der Waals surface area contributed by atoms with Crippen LogP contribution < -0.4 is 5.32 Å². The first-order valence-electron chi connectivity index (χ1n) is 10.8. The summed E-state index contributed by atoms with van der Waals surface area (Å²) < 4.78 is 29.7. The van der Waals surface area contributed by atoms with Crippen LogP contribution in [-0.2, 0) is 14.8 Å². The van der Waals surface area contributed by atoms with Crippen LogP contribution in [0.25, 0.3) is 16.8 Å². The first kappa shape index (κ1) is 21.9. The number of piperidine rings is 1. The van der Waals surface area contributed by atoms with E-state index < -0.39 is 10.0 Å². The summed E-state index contributed by atoms with van der Waals surface area (Å²) in [5.41, 5.74) is 2.88. The van der Waals surface area contributed by atoms with Crippen molar-refractivity contribution in [2.45, 2.75) is 36.2 Å². The number of para-hydroxylation sites is 2. The zero-order valence-electron chi connectivity index (χ0n) is 18.1. The summed E-state index contributed by atoms with van der Waals surface area (Å²) in [4.78, 5) is 17.4. The smallest absolute Gasteiger partial charge is 0.243 e. The molecule has 2 aromatic carbocycles. The van der Waals surface area contributed by atoms with Crippen molar-refractivity contribution < 1.29 is 13.2 Å². The molecule has 9 nitrogen and oxygen atoms in total. The lowest BCUT2D eigenvalue weighted by atomic mass is 10.2. The topological polar surface area (TPSA) is 112 Å². The Morgan fingerprint density at radius 2 is 1.94 bits per heavy atom. The molecule has 0 radical (unpaired) electrons. The van der Waals surface area contributed by atoms with Gasteiger partial charge >= 0.3 is 0 Å². The lowest BCUT2D eigenvalue weighted by molar-refractivity contribution is -0.113. The van der Waals surface area contributed by atoms with E-state index in [9.17, 15) is 13.2 Å². The second-order valence-electron chi connectivity index (χ2n) is 8.05. The summed E-state index contributed by atoms with van der Waals surface area (Å²) in [5, 5.41) is 10.6. The van der Waals surface area contributed by atoms with Crippen LogP contribution in [0.15, 0.2) is 52.5 Å². The normalized spacial score (nSPS) is 15.3. The molecule has 0 atom stereocenters. The Morgan fingerprint density at radius 1 is 1.15 bits per heavy atom. The van der Waals surface area contributed by atoms with Gasteiger partial charge in [-0.05, 0) is 49.6 Å². The molecule has 0 bridgehead atoms. The third-order valence-corrected chi connectivity index (χ3v) is 8.72. The van der Waals surface area contributed by atoms with Crippen molar-refractivity contribution in [3.63, 3.8) is 0 Å². The predicted molar refractivity (Wildman–Crippen MR) is 128 cm³/mol. The molecule has 1 aliphatic rings. The molecule has 1 saturated heterocycles. The highest BCUT2D eigenvalue weighted by Gasteiger charge is 2.27. The molecule has 33 heavy (non-hydrogen) atoms. The molecule has 2 aromatic heterocycles. The molecule has 1 amide bonds. The monoisotopic (exact) mass is 484 g/mol. The molecule has 0 aliphatic carbocycles. The second kappa shape index (κ2) is 8.81. The fraction of sp³-hybridized carbons (Fsp3) is 0.318. The molecule has 2 N–H and O–H groups in total. The number of imidazole rings is 1. The van der Waals surface area contributed by atoms with Crippen molar-refractivity contribution in [3.8, 4) is 0 Å². The number of fused-ring (bicyclic) bond motifs is 3. The second-order valence-corrected chi connectivity index (χ2v) is 10.9. The van der Waals surface area contributed by atoms with E-state index in [2.05, 4.69) is 20.5 Å². The number of nitrogens with zero attached hydrogens (tertiary/aromatic N) is 4. The van der Waals surface area contributed by atoms with Gasteiger partial charge in [-0.15, -0.1) is 5.10 Å². The number of benzene rings is 2. The van der Waals surface area contributed by atoms with Crippen molar-refractivity contribution in [1.82, 2.24) is 23.9 Å². The van der Waals surface area contributed by atoms with Gasteiger partial charge in [0.05, 0.1) is 21.7 Å². The van der Waals surface area contributed by atoms with Crippen molar-refractivity contribution in [3.05, 3.63) is 48.0 Å². The number of amides is 1. The molecule has 1 aliphatic heterocycles. The molecular formula is C22H24N6O3S2. The molecule has 4 aromatic rings. The van der Waals surface area contributed by atoms with Crippen molar-refractivity contribution in [2.24, 2.45) is 0 Å². The highest BCUT2D eigenvalue weighted by Crippen LogP contribution is 2.27. The summed E-state index contributed by atoms with van der Waals surface area (Å²) in [6.07, 6.45) is 2.80. The Labute approximate surface area is 195 Å². The molecule has 5 rings (SSSR count). The van der Waals surface area contributed by atoms with Gasteiger partial charge in [-0.3, -0.25) is 9.20 Å². The number of hydrogen-bond donors (Lipinski definition) is 2. The van der Waals surface area contributed by atoms with E-state index in [0.717, 1.165) is 30.3 Å². The van der Waals surface area contributed by atoms with E-state index in [0.29, 0.717) is 35.3 Å². The molecule has 0 spiro atoms. The van der Waals surface area contributed by atoms with E-state index in [1.165, 1.54) is 11.8 Å². The summed E-state index contributed by atoms with van der Waals surface area (Å²) in [5.74, 6) is 0.491. The standard InChI is InChI=1S/C22H24N6O3S2/c1-15-9-10-16(13-19(15)33(30,31)27-11-5-2-6-12-27)23-20(29)14-32-22-26-25-21-24-17-7-3-4-8-18(17)28(21)22/h3-4,7-10,13H,2,5-6,11-12,14H2,1H3,(H,23,29)(H,24,25). The average Bonchev–Trinajstić information content (AvgIpc) is 3.39. The van der Waals surface area contributed by atoms with Crippen LogP contribution in [0.4, 0.5) is 5.69 Å². The predicted octanol–water partition coefficient (Wildman–Crippen LogP) is 3.42. The Kier molecular flexibility index (Phi) is 5.85. The summed E-state index contributed by atoms with van der Waals surface area (Å²) in [6.45, 7) is 2.85. The molecule has 0 saturated carbocycles. The number of aromatic amines is 1. The fourth-order valence-corrected chi connectivity index (χ4v) is 6.59. The van der Waals surface area contributed by atoms with Gasteiger partial charge in [0.25, 0.3) is 0 Å². The van der Waals surface area contributed by atoms with E-state index in [1.54, 1.807) is 29.4 Å². The van der Waals surface area contributed by atoms with Gasteiger partial charge in [0.1, 0.15) is 0 Å². The van der Waals surface area contributed by atoms with Crippen LogP contribution in [-0.4, -0.2) is 57.1 Å². The van der Waals surface area contributed by atoms with Crippen molar-refractivity contribution in [2.75, 3.05) is 24.2 Å². The van der Waals surface area contributed by atoms with Crippen LogP contribution in [0.3, 0.4) is 0 Å². The number of nitrogens with one attached hydrogen (secondary N) is 2. The van der Waals surface area contributed by atoms with Gasteiger partial charge in [-0.1, -0.05) is 36.4 Å². The Hall–Kier alpha value is -2.89. The lowest BCUT2D eigenvalue weighted by Gasteiger charge is -2.26. The Balaban J connectivity index is 1.30. The van der Waals surface area contributed by atoms with Crippen LogP contribution in [0.5, 0.6) is 0 Å². The lowest BCUT2D eigenvalue weighted by Crippen LogP contribution is -2.36. The van der Waals surface area contributed by atoms with Gasteiger partial charge in [0.15, 0.2) is 5.16 Å². The van der Waals surface area contributed by atoms with E-state index in [1.807, 2.05) is 28.7 Å². The maximum atomic E-state index is 13.1. The zero-order valence-corrected chi connectivity index (χ0v) is 19.7. The van der Waals surface area contributed by atoms with Crippen molar-refractivity contribution >= 4 is 50.2 Å². The molecule has 11 heteroatoms. The number of anilines is 1. The van der Waals surface area contributed by atoms with Crippen molar-refractivity contribution in [1.29, 1.82) is 0 Å². The average molecular weight is 485 g/mol. The van der Waals surface area contributed by atoms with Crippen LogP contribution in [0, 0.1) is 6.92 Å². The van der Waals surface area contributed by atoms with Crippen LogP contribution in [0.2, 0.25) is 0 Å². The minimum absolute atomic E-state index is 0.120. The highest BCUT2D eigenvalue weighted by atomic mass is 32.2. The zero-order chi connectivity index (χ0) is 23.0. The van der Waals surface area contributed by atoms with E-state index in [4.69, 9.17) is 0 Å². The van der Waals surface area contributed by atoms with Gasteiger partial charge in [0, 0.05) is 18.8 Å². The van der Waals surface area contributed by atoms with Gasteiger partial charge in [-0.2, -0.15) is 4.31 Å². The number of aryl methyl sites for hydroxylation is 1. The Morgan fingerprint density at radius 3 is 2.76 bits per heavy atom. The summed E-state index contributed by atoms with van der Waals surface area (Å²) >= 11 is 1.28. The minimum atomic E-state index is -3.59. The fourth-order valence-electron chi connectivity index (χ4n) is 4.07. The van der Waals surface area contributed by atoms with Gasteiger partial charge < -0.3 is 5.32 Å². The molecule has 3 heterocycles. The highest BCUT2D eigenvalue weighted by molar-refractivity contribution is 7.99. The SMILES string of the molecule is Cc1ccc(NC(=O)CSc2n[nH]c3nc4ccccc4n23)cc1S(=O)(=O)N1CCCCC1.